The smallest absolute Gasteiger partial charge is 0.295 e. The van der Waals surface area contributed by atoms with E-state index in [1.807, 2.05) is 65.0 Å². The van der Waals surface area contributed by atoms with Gasteiger partial charge in [0, 0.05) is 24.3 Å². The standard InChI is InChI=1S/C29H37NO6/c1-17(2)21-16-22(19(5)15-24(21)35-7)27(31)25-26(20-11-8-9-12-23(20)34-6)30(29(33)28(25)32)13-10-14-36-18(3)4/h8-9,11-12,15-18,26,31H,10,13-14H2,1-7H3/b27-25+. The van der Waals surface area contributed by atoms with Crippen LogP contribution in [0, 0.1) is 6.92 Å². The van der Waals surface area contributed by atoms with E-state index >= 15 is 0 Å². The first kappa shape index (κ1) is 27.3. The highest BCUT2D eigenvalue weighted by molar-refractivity contribution is 6.46. The molecule has 36 heavy (non-hydrogen) atoms. The normalized spacial score (nSPS) is 17.4. The minimum absolute atomic E-state index is 0.0530. The molecule has 1 aliphatic rings. The summed E-state index contributed by atoms with van der Waals surface area (Å²) < 4.78 is 16.8. The van der Waals surface area contributed by atoms with Gasteiger partial charge in [0.2, 0.25) is 0 Å². The van der Waals surface area contributed by atoms with Gasteiger partial charge in [0.15, 0.2) is 0 Å². The second-order valence-electron chi connectivity index (χ2n) is 9.57. The molecule has 1 unspecified atom stereocenters. The van der Waals surface area contributed by atoms with Crippen LogP contribution in [0.1, 0.15) is 68.3 Å². The summed E-state index contributed by atoms with van der Waals surface area (Å²) in [5.41, 5.74) is 2.83. The summed E-state index contributed by atoms with van der Waals surface area (Å²) in [6.07, 6.45) is 0.620. The molecule has 1 N–H and O–H groups in total. The van der Waals surface area contributed by atoms with Crippen LogP contribution in [0.2, 0.25) is 0 Å². The summed E-state index contributed by atoms with van der Waals surface area (Å²) in [5.74, 6) is -0.187. The number of aliphatic hydroxyl groups excluding tert-OH is 1. The molecule has 0 aliphatic carbocycles. The van der Waals surface area contributed by atoms with Gasteiger partial charge in [-0.15, -0.1) is 0 Å². The van der Waals surface area contributed by atoms with Crippen LogP contribution in [0.3, 0.4) is 0 Å². The number of rotatable bonds is 10. The van der Waals surface area contributed by atoms with E-state index in [2.05, 4.69) is 0 Å². The van der Waals surface area contributed by atoms with E-state index in [1.165, 1.54) is 4.90 Å². The summed E-state index contributed by atoms with van der Waals surface area (Å²) in [4.78, 5) is 28.2. The Morgan fingerprint density at radius 1 is 1.03 bits per heavy atom. The molecule has 1 amide bonds. The molecule has 1 aliphatic heterocycles. The Morgan fingerprint density at radius 3 is 2.31 bits per heavy atom. The molecule has 7 heteroatoms. The molecular formula is C29H37NO6. The van der Waals surface area contributed by atoms with Crippen molar-refractivity contribution >= 4 is 17.4 Å². The molecule has 0 spiro atoms. The lowest BCUT2D eigenvalue weighted by Crippen LogP contribution is -2.31. The number of hydrogen-bond acceptors (Lipinski definition) is 6. The van der Waals surface area contributed by atoms with Gasteiger partial charge >= 0.3 is 0 Å². The molecule has 2 aromatic carbocycles. The second kappa shape index (κ2) is 11.6. The number of benzene rings is 2. The van der Waals surface area contributed by atoms with Crippen LogP contribution in [-0.2, 0) is 14.3 Å². The van der Waals surface area contributed by atoms with E-state index in [9.17, 15) is 14.7 Å². The van der Waals surface area contributed by atoms with E-state index in [1.54, 1.807) is 20.3 Å². The Labute approximate surface area is 213 Å². The van der Waals surface area contributed by atoms with E-state index in [4.69, 9.17) is 14.2 Å². The van der Waals surface area contributed by atoms with Gasteiger partial charge in [0.05, 0.1) is 31.9 Å². The Morgan fingerprint density at radius 2 is 1.69 bits per heavy atom. The minimum Gasteiger partial charge on any atom is -0.507 e. The van der Waals surface area contributed by atoms with Crippen molar-refractivity contribution in [3.8, 4) is 11.5 Å². The zero-order valence-corrected chi connectivity index (χ0v) is 22.3. The molecule has 194 valence electrons. The van der Waals surface area contributed by atoms with Crippen molar-refractivity contribution < 1.29 is 28.9 Å². The zero-order chi connectivity index (χ0) is 26.6. The maximum absolute atomic E-state index is 13.4. The van der Waals surface area contributed by atoms with Gasteiger partial charge in [0.1, 0.15) is 17.3 Å². The van der Waals surface area contributed by atoms with Gasteiger partial charge in [-0.05, 0) is 62.4 Å². The lowest BCUT2D eigenvalue weighted by atomic mass is 9.90. The van der Waals surface area contributed by atoms with Crippen LogP contribution in [0.15, 0.2) is 42.0 Å². The van der Waals surface area contributed by atoms with Crippen LogP contribution >= 0.6 is 0 Å². The third-order valence-electron chi connectivity index (χ3n) is 6.42. The summed E-state index contributed by atoms with van der Waals surface area (Å²) in [6.45, 7) is 10.6. The molecule has 7 nitrogen and oxygen atoms in total. The van der Waals surface area contributed by atoms with Gasteiger partial charge in [-0.25, -0.2) is 0 Å². The van der Waals surface area contributed by atoms with Crippen LogP contribution in [0.25, 0.3) is 5.76 Å². The Balaban J connectivity index is 2.19. The highest BCUT2D eigenvalue weighted by Gasteiger charge is 2.47. The molecule has 0 bridgehead atoms. The maximum Gasteiger partial charge on any atom is 0.295 e. The Hall–Kier alpha value is -3.32. The Kier molecular flexibility index (Phi) is 8.79. The number of aryl methyl sites for hydroxylation is 1. The van der Waals surface area contributed by atoms with Crippen molar-refractivity contribution in [2.45, 2.75) is 59.1 Å². The van der Waals surface area contributed by atoms with Gasteiger partial charge in [0.25, 0.3) is 11.7 Å². The fourth-order valence-corrected chi connectivity index (χ4v) is 4.61. The molecule has 1 saturated heterocycles. The predicted molar refractivity (Wildman–Crippen MR) is 140 cm³/mol. The summed E-state index contributed by atoms with van der Waals surface area (Å²) in [5, 5.41) is 11.6. The van der Waals surface area contributed by atoms with Crippen molar-refractivity contribution in [3.63, 3.8) is 0 Å². The van der Waals surface area contributed by atoms with Gasteiger partial charge in [-0.2, -0.15) is 0 Å². The molecule has 0 saturated carbocycles. The molecule has 1 fully saturated rings. The van der Waals surface area contributed by atoms with E-state index < -0.39 is 17.7 Å². The first-order valence-electron chi connectivity index (χ1n) is 12.3. The van der Waals surface area contributed by atoms with Crippen LogP contribution < -0.4 is 9.47 Å². The number of Topliss-reactive ketones (excluding diaryl/α,β-unsaturated/α-hetero) is 1. The first-order valence-corrected chi connectivity index (χ1v) is 12.3. The average Bonchev–Trinajstić information content (AvgIpc) is 3.10. The fraction of sp³-hybridized carbons (Fsp3) is 0.448. The molecule has 1 heterocycles. The molecule has 0 radical (unpaired) electrons. The molecule has 3 rings (SSSR count). The summed E-state index contributed by atoms with van der Waals surface area (Å²) in [6, 6.07) is 10.2. The number of hydrogen-bond donors (Lipinski definition) is 1. The number of aliphatic hydroxyl groups is 1. The van der Waals surface area contributed by atoms with Gasteiger partial charge in [-0.3, -0.25) is 9.59 Å². The zero-order valence-electron chi connectivity index (χ0n) is 22.3. The fourth-order valence-electron chi connectivity index (χ4n) is 4.61. The number of methoxy groups -OCH3 is 2. The number of carbonyl (C=O) groups excluding carboxylic acids is 2. The molecule has 1 atom stereocenters. The topological polar surface area (TPSA) is 85.3 Å². The number of likely N-dealkylation sites (tertiary alicyclic amines) is 1. The number of ketones is 1. The van der Waals surface area contributed by atoms with Gasteiger partial charge < -0.3 is 24.2 Å². The monoisotopic (exact) mass is 495 g/mol. The van der Waals surface area contributed by atoms with Crippen molar-refractivity contribution in [2.75, 3.05) is 27.4 Å². The van der Waals surface area contributed by atoms with E-state index in [0.717, 1.165) is 11.1 Å². The number of nitrogens with zero attached hydrogens (tertiary/aromatic N) is 1. The lowest BCUT2D eigenvalue weighted by Gasteiger charge is -2.27. The number of para-hydroxylation sites is 1. The molecule has 0 aromatic heterocycles. The van der Waals surface area contributed by atoms with E-state index in [-0.39, 0.29) is 23.4 Å². The Bertz CT molecular complexity index is 1150. The SMILES string of the molecule is COc1cc(C)c(/C(O)=C2\C(=O)C(=O)N(CCCOC(C)C)C2c2ccccc2OC)cc1C(C)C. The van der Waals surface area contributed by atoms with Crippen molar-refractivity contribution in [1.82, 2.24) is 4.90 Å². The van der Waals surface area contributed by atoms with Crippen LogP contribution in [0.4, 0.5) is 0 Å². The summed E-state index contributed by atoms with van der Waals surface area (Å²) >= 11 is 0. The predicted octanol–water partition coefficient (Wildman–Crippen LogP) is 5.37. The lowest BCUT2D eigenvalue weighted by molar-refractivity contribution is -0.140. The molecular weight excluding hydrogens is 458 g/mol. The third-order valence-corrected chi connectivity index (χ3v) is 6.42. The van der Waals surface area contributed by atoms with Crippen LogP contribution in [-0.4, -0.2) is 55.2 Å². The average molecular weight is 496 g/mol. The van der Waals surface area contributed by atoms with Crippen molar-refractivity contribution in [2.24, 2.45) is 0 Å². The number of ether oxygens (including phenoxy) is 3. The molecule has 2 aromatic rings. The first-order chi connectivity index (χ1) is 17.1. The van der Waals surface area contributed by atoms with Crippen molar-refractivity contribution in [1.29, 1.82) is 0 Å². The van der Waals surface area contributed by atoms with Gasteiger partial charge in [-0.1, -0.05) is 32.0 Å². The quantitative estimate of drug-likeness (QED) is 0.206. The minimum atomic E-state index is -0.788. The largest absolute Gasteiger partial charge is 0.507 e. The highest BCUT2D eigenvalue weighted by Crippen LogP contribution is 2.43. The third kappa shape index (κ3) is 5.41. The summed E-state index contributed by atoms with van der Waals surface area (Å²) in [7, 11) is 3.15. The van der Waals surface area contributed by atoms with Crippen LogP contribution in [0.5, 0.6) is 11.5 Å². The van der Waals surface area contributed by atoms with E-state index in [0.29, 0.717) is 42.2 Å². The second-order valence-corrected chi connectivity index (χ2v) is 9.57. The number of amides is 1. The highest BCUT2D eigenvalue weighted by atomic mass is 16.5. The number of carbonyl (C=O) groups is 2. The van der Waals surface area contributed by atoms with Crippen molar-refractivity contribution in [3.05, 3.63) is 64.2 Å². The maximum atomic E-state index is 13.4.